The molecule has 6 nitrogen and oxygen atoms in total. The summed E-state index contributed by atoms with van der Waals surface area (Å²) >= 11 is 0. The van der Waals surface area contributed by atoms with Crippen LogP contribution in [0.5, 0.6) is 0 Å². The third-order valence-corrected chi connectivity index (χ3v) is 5.84. The van der Waals surface area contributed by atoms with Crippen LogP contribution in [0.2, 0.25) is 0 Å². The Morgan fingerprint density at radius 3 is 2.46 bits per heavy atom. The van der Waals surface area contributed by atoms with Crippen LogP contribution in [-0.2, 0) is 17.2 Å². The highest BCUT2D eigenvalue weighted by Gasteiger charge is 2.18. The van der Waals surface area contributed by atoms with E-state index in [9.17, 15) is 4.21 Å². The van der Waals surface area contributed by atoms with E-state index in [1.54, 1.807) is 13.2 Å². The lowest BCUT2D eigenvalue weighted by molar-refractivity contribution is 0.647. The molecule has 0 saturated heterocycles. The predicted octanol–water partition coefficient (Wildman–Crippen LogP) is 2.13. The third kappa shape index (κ3) is 6.29. The summed E-state index contributed by atoms with van der Waals surface area (Å²) in [5, 5.41) is 10.7. The summed E-state index contributed by atoms with van der Waals surface area (Å²) in [5.41, 5.74) is 2.30. The Hall–Kier alpha value is -2.15. The van der Waals surface area contributed by atoms with Crippen molar-refractivity contribution in [1.29, 1.82) is 0 Å². The molecule has 7 heteroatoms. The fourth-order valence-electron chi connectivity index (χ4n) is 2.35. The Kier molecular flexibility index (Phi) is 7.38. The molecule has 0 aliphatic rings. The number of hydrogen-bond donors (Lipinski definition) is 2. The van der Waals surface area contributed by atoms with Crippen molar-refractivity contribution in [2.24, 2.45) is 4.99 Å². The molecule has 2 N–H and O–H groups in total. The summed E-state index contributed by atoms with van der Waals surface area (Å²) < 4.78 is 13.7. The van der Waals surface area contributed by atoms with Crippen molar-refractivity contribution in [3.8, 4) is 5.69 Å². The molecule has 0 spiro atoms. The molecule has 0 fully saturated rings. The van der Waals surface area contributed by atoms with Gasteiger partial charge < -0.3 is 10.6 Å². The summed E-state index contributed by atoms with van der Waals surface area (Å²) in [7, 11) is 0.886. The Balaban J connectivity index is 1.73. The molecule has 2 rings (SSSR count). The average Bonchev–Trinajstić information content (AvgIpc) is 3.14. The maximum absolute atomic E-state index is 12.1. The van der Waals surface area contributed by atoms with Gasteiger partial charge in [-0.15, -0.1) is 0 Å². The Morgan fingerprint density at radius 1 is 1.19 bits per heavy atom. The summed E-state index contributed by atoms with van der Waals surface area (Å²) in [6.45, 7) is 7.40. The number of nitrogens with zero attached hydrogens (tertiary/aromatic N) is 3. The maximum atomic E-state index is 12.1. The van der Waals surface area contributed by atoms with Gasteiger partial charge in [-0.2, -0.15) is 5.10 Å². The zero-order chi connectivity index (χ0) is 19.0. The second kappa shape index (κ2) is 9.52. The minimum absolute atomic E-state index is 0.180. The molecule has 0 amide bonds. The second-order valence-corrected chi connectivity index (χ2v) is 9.28. The topological polar surface area (TPSA) is 71.3 Å². The van der Waals surface area contributed by atoms with Gasteiger partial charge in [0.05, 0.1) is 5.69 Å². The lowest BCUT2D eigenvalue weighted by Gasteiger charge is -2.18. The molecule has 1 aromatic carbocycles. The van der Waals surface area contributed by atoms with Crippen LogP contribution in [0.15, 0.2) is 47.7 Å². The van der Waals surface area contributed by atoms with Gasteiger partial charge in [0.1, 0.15) is 0 Å². The van der Waals surface area contributed by atoms with Crippen molar-refractivity contribution in [3.05, 3.63) is 48.3 Å². The number of nitrogens with one attached hydrogen (secondary N) is 2. The Morgan fingerprint density at radius 2 is 1.88 bits per heavy atom. The van der Waals surface area contributed by atoms with Gasteiger partial charge in [0.15, 0.2) is 5.96 Å². The van der Waals surface area contributed by atoms with Crippen LogP contribution in [0, 0.1) is 0 Å². The first-order chi connectivity index (χ1) is 12.4. The minimum Gasteiger partial charge on any atom is -0.356 e. The van der Waals surface area contributed by atoms with Gasteiger partial charge >= 0.3 is 0 Å². The van der Waals surface area contributed by atoms with Crippen LogP contribution >= 0.6 is 0 Å². The quantitative estimate of drug-likeness (QED) is 0.574. The minimum atomic E-state index is -0.859. The van der Waals surface area contributed by atoms with E-state index in [1.807, 2.05) is 37.7 Å². The summed E-state index contributed by atoms with van der Waals surface area (Å²) in [6.07, 6.45) is 4.60. The van der Waals surface area contributed by atoms with Gasteiger partial charge in [0.25, 0.3) is 0 Å². The second-order valence-electron chi connectivity index (χ2n) is 6.95. The molecular weight excluding hydrogens is 346 g/mol. The molecule has 2 aromatic rings. The standard InChI is InChI=1S/C19H29N5OS/c1-19(2,3)26(25)15-13-22-18(20-4)21-12-10-16-6-8-17(9-7-16)24-14-5-11-23-24/h5-9,11,14H,10,12-13,15H2,1-4H3,(H2,20,21,22). The molecule has 0 bridgehead atoms. The maximum Gasteiger partial charge on any atom is 0.191 e. The summed E-state index contributed by atoms with van der Waals surface area (Å²) in [6, 6.07) is 10.3. The Bertz CT molecular complexity index is 717. The number of guanidine groups is 1. The van der Waals surface area contributed by atoms with Gasteiger partial charge in [-0.1, -0.05) is 12.1 Å². The molecule has 1 aromatic heterocycles. The number of aliphatic imine (C=N–C) groups is 1. The van der Waals surface area contributed by atoms with Gasteiger partial charge in [-0.05, 0) is 51.0 Å². The zero-order valence-corrected chi connectivity index (χ0v) is 16.8. The Labute approximate surface area is 158 Å². The lowest BCUT2D eigenvalue weighted by atomic mass is 10.1. The van der Waals surface area contributed by atoms with Crippen LogP contribution in [0.4, 0.5) is 0 Å². The molecule has 0 radical (unpaired) electrons. The fraction of sp³-hybridized carbons (Fsp3) is 0.474. The molecular formula is C19H29N5OS. The average molecular weight is 376 g/mol. The van der Waals surface area contributed by atoms with Crippen molar-refractivity contribution < 1.29 is 4.21 Å². The van der Waals surface area contributed by atoms with Crippen LogP contribution in [-0.4, -0.2) is 50.6 Å². The first-order valence-electron chi connectivity index (χ1n) is 8.82. The molecule has 142 valence electrons. The smallest absolute Gasteiger partial charge is 0.191 e. The van der Waals surface area contributed by atoms with Crippen LogP contribution in [0.25, 0.3) is 5.69 Å². The van der Waals surface area contributed by atoms with Crippen molar-refractivity contribution in [2.45, 2.75) is 31.9 Å². The van der Waals surface area contributed by atoms with Crippen LogP contribution in [0.1, 0.15) is 26.3 Å². The molecule has 0 aliphatic heterocycles. The normalized spacial score (nSPS) is 13.5. The van der Waals surface area contributed by atoms with Gasteiger partial charge in [-0.3, -0.25) is 9.20 Å². The summed E-state index contributed by atoms with van der Waals surface area (Å²) in [4.78, 5) is 4.21. The molecule has 26 heavy (non-hydrogen) atoms. The SMILES string of the molecule is CN=C(NCCc1ccc(-n2cccn2)cc1)NCCS(=O)C(C)(C)C. The molecule has 1 heterocycles. The van der Waals surface area contributed by atoms with E-state index in [0.717, 1.165) is 24.6 Å². The van der Waals surface area contributed by atoms with Crippen molar-refractivity contribution >= 4 is 16.8 Å². The van der Waals surface area contributed by atoms with E-state index in [-0.39, 0.29) is 4.75 Å². The first-order valence-corrected chi connectivity index (χ1v) is 10.1. The van der Waals surface area contributed by atoms with E-state index in [2.05, 4.69) is 45.0 Å². The number of rotatable bonds is 7. The molecule has 0 saturated carbocycles. The lowest BCUT2D eigenvalue weighted by Crippen LogP contribution is -2.41. The third-order valence-electron chi connectivity index (χ3n) is 3.90. The van der Waals surface area contributed by atoms with Crippen molar-refractivity contribution in [3.63, 3.8) is 0 Å². The van der Waals surface area contributed by atoms with Crippen molar-refractivity contribution in [2.75, 3.05) is 25.9 Å². The highest BCUT2D eigenvalue weighted by atomic mass is 32.2. The number of benzene rings is 1. The highest BCUT2D eigenvalue weighted by molar-refractivity contribution is 7.86. The van der Waals surface area contributed by atoms with E-state index < -0.39 is 10.8 Å². The van der Waals surface area contributed by atoms with E-state index >= 15 is 0 Å². The van der Waals surface area contributed by atoms with E-state index in [0.29, 0.717) is 12.3 Å². The predicted molar refractivity (Wildman–Crippen MR) is 109 cm³/mol. The van der Waals surface area contributed by atoms with Crippen LogP contribution in [0.3, 0.4) is 0 Å². The molecule has 1 atom stereocenters. The zero-order valence-electron chi connectivity index (χ0n) is 16.0. The first kappa shape index (κ1) is 20.2. The molecule has 1 unspecified atom stereocenters. The van der Waals surface area contributed by atoms with Gasteiger partial charge in [0, 0.05) is 53.8 Å². The molecule has 0 aliphatic carbocycles. The van der Waals surface area contributed by atoms with Gasteiger partial charge in [0.2, 0.25) is 0 Å². The monoisotopic (exact) mass is 375 g/mol. The fourth-order valence-corrected chi connectivity index (χ4v) is 3.25. The van der Waals surface area contributed by atoms with E-state index in [1.165, 1.54) is 5.56 Å². The van der Waals surface area contributed by atoms with Gasteiger partial charge in [-0.25, -0.2) is 4.68 Å². The van der Waals surface area contributed by atoms with Crippen molar-refractivity contribution in [1.82, 2.24) is 20.4 Å². The van der Waals surface area contributed by atoms with Crippen LogP contribution < -0.4 is 10.6 Å². The largest absolute Gasteiger partial charge is 0.356 e. The number of hydrogen-bond acceptors (Lipinski definition) is 3. The highest BCUT2D eigenvalue weighted by Crippen LogP contribution is 2.10. The number of aromatic nitrogens is 2. The summed E-state index contributed by atoms with van der Waals surface area (Å²) in [5.74, 6) is 1.35. The van der Waals surface area contributed by atoms with E-state index in [4.69, 9.17) is 0 Å².